The Labute approximate surface area is 134 Å². The molecule has 20 heavy (non-hydrogen) atoms. The summed E-state index contributed by atoms with van der Waals surface area (Å²) in [6.45, 7) is 3.34. The molecule has 0 bridgehead atoms. The molecule has 1 aromatic carbocycles. The first kappa shape index (κ1) is 16.3. The number of benzene rings is 1. The van der Waals surface area contributed by atoms with Gasteiger partial charge in [0.2, 0.25) is 0 Å². The van der Waals surface area contributed by atoms with Gasteiger partial charge < -0.3 is 10.4 Å². The third-order valence-corrected chi connectivity index (χ3v) is 5.82. The lowest BCUT2D eigenvalue weighted by Crippen LogP contribution is -2.51. The second kappa shape index (κ2) is 7.83. The van der Waals surface area contributed by atoms with Gasteiger partial charge in [-0.25, -0.2) is 0 Å². The Morgan fingerprint density at radius 1 is 1.50 bits per heavy atom. The van der Waals surface area contributed by atoms with Gasteiger partial charge in [-0.15, -0.1) is 11.8 Å². The largest absolute Gasteiger partial charge is 0.394 e. The van der Waals surface area contributed by atoms with E-state index in [1.165, 1.54) is 24.2 Å². The Morgan fingerprint density at radius 3 is 3.05 bits per heavy atom. The van der Waals surface area contributed by atoms with Gasteiger partial charge in [-0.3, -0.25) is 0 Å². The highest BCUT2D eigenvalue weighted by Gasteiger charge is 2.41. The average molecular weight is 358 g/mol. The minimum absolute atomic E-state index is 0.0212. The first-order valence-corrected chi connectivity index (χ1v) is 9.22. The van der Waals surface area contributed by atoms with Gasteiger partial charge in [0.15, 0.2) is 0 Å². The van der Waals surface area contributed by atoms with Gasteiger partial charge in [0.05, 0.1) is 6.61 Å². The minimum atomic E-state index is -0.0212. The maximum Gasteiger partial charge on any atom is 0.0616 e. The molecule has 1 fully saturated rings. The second-order valence-electron chi connectivity index (χ2n) is 5.53. The van der Waals surface area contributed by atoms with Gasteiger partial charge in [0, 0.05) is 14.9 Å². The van der Waals surface area contributed by atoms with Crippen molar-refractivity contribution in [2.24, 2.45) is 5.92 Å². The molecular weight excluding hydrogens is 334 g/mol. The van der Waals surface area contributed by atoms with Crippen molar-refractivity contribution < 1.29 is 5.11 Å². The molecule has 2 N–H and O–H groups in total. The van der Waals surface area contributed by atoms with Crippen LogP contribution in [0, 0.1) is 5.92 Å². The van der Waals surface area contributed by atoms with E-state index in [0.717, 1.165) is 23.2 Å². The lowest BCUT2D eigenvalue weighted by molar-refractivity contribution is 0.124. The molecule has 112 valence electrons. The molecule has 0 heterocycles. The molecule has 1 aromatic rings. The molecule has 0 radical (unpaired) electrons. The molecule has 0 aliphatic heterocycles. The number of nitrogens with one attached hydrogen (secondary N) is 1. The van der Waals surface area contributed by atoms with Crippen LogP contribution in [0.5, 0.6) is 0 Å². The van der Waals surface area contributed by atoms with Crippen LogP contribution in [0.3, 0.4) is 0 Å². The van der Waals surface area contributed by atoms with Crippen molar-refractivity contribution >= 4 is 27.7 Å². The number of likely N-dealkylation sites (N-methyl/N-ethyl adjacent to an activating group) is 1. The van der Waals surface area contributed by atoms with E-state index in [4.69, 9.17) is 0 Å². The van der Waals surface area contributed by atoms with Crippen molar-refractivity contribution in [3.8, 4) is 0 Å². The summed E-state index contributed by atoms with van der Waals surface area (Å²) in [6, 6.07) is 8.47. The van der Waals surface area contributed by atoms with Gasteiger partial charge >= 0.3 is 0 Å². The topological polar surface area (TPSA) is 32.3 Å². The summed E-state index contributed by atoms with van der Waals surface area (Å²) in [6.07, 6.45) is 4.76. The Morgan fingerprint density at radius 2 is 2.35 bits per heavy atom. The highest BCUT2D eigenvalue weighted by Crippen LogP contribution is 2.39. The summed E-state index contributed by atoms with van der Waals surface area (Å²) in [4.78, 5) is 1.32. The van der Waals surface area contributed by atoms with E-state index in [-0.39, 0.29) is 12.1 Å². The van der Waals surface area contributed by atoms with Crippen LogP contribution in [-0.2, 0) is 0 Å². The Balaban J connectivity index is 1.86. The molecule has 1 aliphatic rings. The fourth-order valence-corrected chi connectivity index (χ4v) is 4.86. The number of thioether (sulfide) groups is 1. The normalized spacial score (nSPS) is 26.1. The monoisotopic (exact) mass is 357 g/mol. The zero-order chi connectivity index (χ0) is 14.4. The summed E-state index contributed by atoms with van der Waals surface area (Å²) in [5.74, 6) is 1.72. The van der Waals surface area contributed by atoms with E-state index in [1.807, 2.05) is 11.8 Å². The maximum absolute atomic E-state index is 9.80. The molecular formula is C16H24BrNOS. The third kappa shape index (κ3) is 4.00. The average Bonchev–Trinajstić information content (AvgIpc) is 2.83. The van der Waals surface area contributed by atoms with Crippen LogP contribution in [0.1, 0.15) is 32.6 Å². The summed E-state index contributed by atoms with van der Waals surface area (Å²) < 4.78 is 1.14. The van der Waals surface area contributed by atoms with Gasteiger partial charge in [-0.1, -0.05) is 35.3 Å². The molecule has 0 spiro atoms. The van der Waals surface area contributed by atoms with Crippen molar-refractivity contribution in [2.45, 2.75) is 43.0 Å². The molecule has 2 atom stereocenters. The van der Waals surface area contributed by atoms with E-state index in [9.17, 15) is 5.11 Å². The minimum Gasteiger partial charge on any atom is -0.394 e. The van der Waals surface area contributed by atoms with Crippen LogP contribution in [0.15, 0.2) is 33.6 Å². The third-order valence-electron chi connectivity index (χ3n) is 4.30. The Bertz CT molecular complexity index is 429. The zero-order valence-corrected chi connectivity index (χ0v) is 14.5. The number of aliphatic hydroxyl groups excluding tert-OH is 1. The highest BCUT2D eigenvalue weighted by atomic mass is 79.9. The molecule has 2 nitrogen and oxygen atoms in total. The second-order valence-corrected chi connectivity index (χ2v) is 7.61. The lowest BCUT2D eigenvalue weighted by Gasteiger charge is -2.35. The molecule has 2 unspecified atom stereocenters. The maximum atomic E-state index is 9.80. The van der Waals surface area contributed by atoms with Crippen LogP contribution in [0.2, 0.25) is 0 Å². The number of halogens is 1. The Kier molecular flexibility index (Phi) is 6.40. The van der Waals surface area contributed by atoms with Crippen molar-refractivity contribution in [2.75, 3.05) is 18.9 Å². The van der Waals surface area contributed by atoms with Crippen LogP contribution >= 0.6 is 27.7 Å². The fraction of sp³-hybridized carbons (Fsp3) is 0.625. The quantitative estimate of drug-likeness (QED) is 0.721. The van der Waals surface area contributed by atoms with E-state index in [1.54, 1.807) is 0 Å². The SMILES string of the molecule is CCNC1(CO)CCCC1CCSc1cccc(Br)c1. The molecule has 2 rings (SSSR count). The van der Waals surface area contributed by atoms with Crippen LogP contribution in [-0.4, -0.2) is 29.5 Å². The zero-order valence-electron chi connectivity index (χ0n) is 12.1. The summed E-state index contributed by atoms with van der Waals surface area (Å²) in [7, 11) is 0. The van der Waals surface area contributed by atoms with Gasteiger partial charge in [-0.05, 0) is 55.7 Å². The Hall–Kier alpha value is -0.0300. The van der Waals surface area contributed by atoms with Crippen LogP contribution in [0.4, 0.5) is 0 Å². The number of hydrogen-bond donors (Lipinski definition) is 2. The van der Waals surface area contributed by atoms with Crippen LogP contribution < -0.4 is 5.32 Å². The van der Waals surface area contributed by atoms with Crippen LogP contribution in [0.25, 0.3) is 0 Å². The summed E-state index contributed by atoms with van der Waals surface area (Å²) in [5, 5.41) is 13.3. The number of aliphatic hydroxyl groups is 1. The van der Waals surface area contributed by atoms with Gasteiger partial charge in [-0.2, -0.15) is 0 Å². The van der Waals surface area contributed by atoms with E-state index >= 15 is 0 Å². The van der Waals surface area contributed by atoms with Gasteiger partial charge in [0.25, 0.3) is 0 Å². The molecule has 0 saturated heterocycles. The van der Waals surface area contributed by atoms with E-state index in [0.29, 0.717) is 5.92 Å². The van der Waals surface area contributed by atoms with Crippen molar-refractivity contribution in [1.29, 1.82) is 0 Å². The molecule has 4 heteroatoms. The van der Waals surface area contributed by atoms with Crippen molar-refractivity contribution in [1.82, 2.24) is 5.32 Å². The lowest BCUT2D eigenvalue weighted by atomic mass is 9.86. The van der Waals surface area contributed by atoms with E-state index < -0.39 is 0 Å². The first-order chi connectivity index (χ1) is 9.70. The highest BCUT2D eigenvalue weighted by molar-refractivity contribution is 9.10. The van der Waals surface area contributed by atoms with Gasteiger partial charge in [0.1, 0.15) is 0 Å². The standard InChI is InChI=1S/C16H24BrNOS/c1-2-18-16(12-19)9-4-5-13(16)8-10-20-15-7-3-6-14(17)11-15/h3,6-7,11,13,18-19H,2,4-5,8-10,12H2,1H3. The van der Waals surface area contributed by atoms with E-state index in [2.05, 4.69) is 52.4 Å². The number of rotatable bonds is 7. The van der Waals surface area contributed by atoms with Crippen molar-refractivity contribution in [3.05, 3.63) is 28.7 Å². The predicted octanol–water partition coefficient (Wildman–Crippen LogP) is 4.07. The first-order valence-electron chi connectivity index (χ1n) is 7.44. The summed E-state index contributed by atoms with van der Waals surface area (Å²) >= 11 is 5.43. The summed E-state index contributed by atoms with van der Waals surface area (Å²) in [5.41, 5.74) is -0.0212. The fourth-order valence-electron chi connectivity index (χ4n) is 3.29. The smallest absolute Gasteiger partial charge is 0.0616 e. The molecule has 1 saturated carbocycles. The molecule has 0 amide bonds. The molecule has 0 aromatic heterocycles. The van der Waals surface area contributed by atoms with Crippen molar-refractivity contribution in [3.63, 3.8) is 0 Å². The number of hydrogen-bond acceptors (Lipinski definition) is 3. The molecule has 1 aliphatic carbocycles. The predicted molar refractivity (Wildman–Crippen MR) is 90.3 cm³/mol.